The van der Waals surface area contributed by atoms with Gasteiger partial charge in [-0.25, -0.2) is 9.78 Å². The third-order valence-corrected chi connectivity index (χ3v) is 4.63. The summed E-state index contributed by atoms with van der Waals surface area (Å²) in [6.07, 6.45) is 0. The van der Waals surface area contributed by atoms with Gasteiger partial charge in [-0.05, 0) is 5.92 Å². The molecule has 0 saturated carbocycles. The van der Waals surface area contributed by atoms with Gasteiger partial charge < -0.3 is 9.84 Å². The van der Waals surface area contributed by atoms with Crippen LogP contribution in [-0.4, -0.2) is 35.5 Å². The summed E-state index contributed by atoms with van der Waals surface area (Å²) in [7, 11) is 1.30. The van der Waals surface area contributed by atoms with Crippen molar-refractivity contribution in [3.8, 4) is 0 Å². The lowest BCUT2D eigenvalue weighted by Crippen LogP contribution is -2.02. The number of carbonyl (C=O) groups is 1. The molecule has 1 aromatic rings. The summed E-state index contributed by atoms with van der Waals surface area (Å²) in [5.74, 6) is 0.458. The molecule has 1 atom stereocenters. The van der Waals surface area contributed by atoms with Crippen LogP contribution in [0, 0.1) is 5.92 Å². The van der Waals surface area contributed by atoms with Crippen molar-refractivity contribution < 1.29 is 14.6 Å². The molecule has 90 valence electrons. The van der Waals surface area contributed by atoms with Crippen LogP contribution >= 0.6 is 34.7 Å². The number of aliphatic hydroxyl groups excluding tert-OH is 1. The van der Waals surface area contributed by atoms with Crippen molar-refractivity contribution >= 4 is 40.7 Å². The summed E-state index contributed by atoms with van der Waals surface area (Å²) in [5, 5.41) is 9.05. The Labute approximate surface area is 107 Å². The summed E-state index contributed by atoms with van der Waals surface area (Å²) in [4.78, 5) is 15.6. The van der Waals surface area contributed by atoms with Gasteiger partial charge in [0.15, 0.2) is 14.4 Å². The standard InChI is InChI=1S/C9H12ClNO3S2/c1-5(3-12)4-15-9-11-7(10)6(16-9)8(13)14-2/h5,12H,3-4H2,1-2H3. The summed E-state index contributed by atoms with van der Waals surface area (Å²) in [5.41, 5.74) is 0. The molecule has 1 unspecified atom stereocenters. The number of thioether (sulfide) groups is 1. The van der Waals surface area contributed by atoms with Crippen LogP contribution in [0.5, 0.6) is 0 Å². The first kappa shape index (κ1) is 13.8. The highest BCUT2D eigenvalue weighted by Crippen LogP contribution is 2.31. The number of hydrogen-bond donors (Lipinski definition) is 1. The number of rotatable bonds is 5. The smallest absolute Gasteiger partial charge is 0.351 e. The van der Waals surface area contributed by atoms with E-state index in [2.05, 4.69) is 9.72 Å². The molecule has 1 N–H and O–H groups in total. The highest BCUT2D eigenvalue weighted by Gasteiger charge is 2.17. The number of thiazole rings is 1. The maximum atomic E-state index is 11.3. The minimum atomic E-state index is -0.468. The van der Waals surface area contributed by atoms with E-state index in [9.17, 15) is 4.79 Å². The second kappa shape index (κ2) is 6.44. The molecule has 0 spiro atoms. The monoisotopic (exact) mass is 281 g/mol. The fraction of sp³-hybridized carbons (Fsp3) is 0.556. The molecule has 0 fully saturated rings. The van der Waals surface area contributed by atoms with Crippen LogP contribution < -0.4 is 0 Å². The number of esters is 1. The second-order valence-corrected chi connectivity index (χ2v) is 5.81. The number of carbonyl (C=O) groups excluding carboxylic acids is 1. The molecule has 4 nitrogen and oxygen atoms in total. The Morgan fingerprint density at radius 3 is 3.00 bits per heavy atom. The van der Waals surface area contributed by atoms with E-state index in [1.807, 2.05) is 6.92 Å². The lowest BCUT2D eigenvalue weighted by Gasteiger charge is -2.03. The van der Waals surface area contributed by atoms with Crippen LogP contribution in [0.3, 0.4) is 0 Å². The fourth-order valence-electron chi connectivity index (χ4n) is 0.830. The lowest BCUT2D eigenvalue weighted by molar-refractivity contribution is 0.0606. The molecule has 1 rings (SSSR count). The number of methoxy groups -OCH3 is 1. The number of ether oxygens (including phenoxy) is 1. The van der Waals surface area contributed by atoms with Crippen LogP contribution in [0.4, 0.5) is 0 Å². The number of halogens is 1. The van der Waals surface area contributed by atoms with E-state index in [1.165, 1.54) is 30.2 Å². The van der Waals surface area contributed by atoms with Crippen molar-refractivity contribution in [1.29, 1.82) is 0 Å². The molecule has 0 aromatic carbocycles. The van der Waals surface area contributed by atoms with Gasteiger partial charge in [-0.15, -0.1) is 0 Å². The summed E-state index contributed by atoms with van der Waals surface area (Å²) < 4.78 is 5.29. The predicted molar refractivity (Wildman–Crippen MR) is 65.4 cm³/mol. The normalized spacial score (nSPS) is 12.5. The zero-order valence-corrected chi connectivity index (χ0v) is 11.3. The van der Waals surface area contributed by atoms with Gasteiger partial charge in [0, 0.05) is 12.4 Å². The van der Waals surface area contributed by atoms with Gasteiger partial charge in [0.2, 0.25) is 0 Å². The van der Waals surface area contributed by atoms with Gasteiger partial charge in [-0.2, -0.15) is 0 Å². The van der Waals surface area contributed by atoms with E-state index in [0.29, 0.717) is 9.22 Å². The molecule has 0 aliphatic rings. The average molecular weight is 282 g/mol. The molecular formula is C9H12ClNO3S2. The maximum Gasteiger partial charge on any atom is 0.351 e. The van der Waals surface area contributed by atoms with Crippen molar-refractivity contribution in [2.75, 3.05) is 19.5 Å². The zero-order valence-electron chi connectivity index (χ0n) is 8.90. The van der Waals surface area contributed by atoms with E-state index >= 15 is 0 Å². The Kier molecular flexibility index (Phi) is 5.54. The first-order chi connectivity index (χ1) is 7.58. The summed E-state index contributed by atoms with van der Waals surface area (Å²) >= 11 is 8.48. The number of hydrogen-bond acceptors (Lipinski definition) is 6. The highest BCUT2D eigenvalue weighted by molar-refractivity contribution is 8.01. The highest BCUT2D eigenvalue weighted by atomic mass is 35.5. The Bertz CT molecular complexity index is 370. The van der Waals surface area contributed by atoms with Gasteiger partial charge in [0.1, 0.15) is 0 Å². The quantitative estimate of drug-likeness (QED) is 0.663. The third-order valence-electron chi connectivity index (χ3n) is 1.74. The largest absolute Gasteiger partial charge is 0.465 e. The fourth-order valence-corrected chi connectivity index (χ4v) is 3.19. The summed E-state index contributed by atoms with van der Waals surface area (Å²) in [6, 6.07) is 0. The molecule has 0 aliphatic heterocycles. The third kappa shape index (κ3) is 3.62. The first-order valence-corrected chi connectivity index (χ1v) is 6.74. The first-order valence-electron chi connectivity index (χ1n) is 4.56. The van der Waals surface area contributed by atoms with Gasteiger partial charge in [-0.3, -0.25) is 0 Å². The van der Waals surface area contributed by atoms with Crippen LogP contribution in [0.25, 0.3) is 0 Å². The SMILES string of the molecule is COC(=O)c1sc(SCC(C)CO)nc1Cl. The Hall–Kier alpha value is -0.300. The predicted octanol–water partition coefficient (Wildman–Crippen LogP) is 2.30. The Morgan fingerprint density at radius 1 is 1.75 bits per heavy atom. The van der Waals surface area contributed by atoms with Gasteiger partial charge in [0.05, 0.1) is 7.11 Å². The Morgan fingerprint density at radius 2 is 2.44 bits per heavy atom. The van der Waals surface area contributed by atoms with Crippen molar-refractivity contribution in [2.24, 2.45) is 5.92 Å². The molecule has 0 amide bonds. The van der Waals surface area contributed by atoms with Crippen LogP contribution in [0.1, 0.15) is 16.6 Å². The molecule has 16 heavy (non-hydrogen) atoms. The molecule has 1 heterocycles. The van der Waals surface area contributed by atoms with Gasteiger partial charge in [0.25, 0.3) is 0 Å². The number of aromatic nitrogens is 1. The zero-order chi connectivity index (χ0) is 12.1. The van der Waals surface area contributed by atoms with Crippen LogP contribution in [0.2, 0.25) is 5.15 Å². The van der Waals surface area contributed by atoms with E-state index in [-0.39, 0.29) is 17.7 Å². The molecule has 0 aliphatic carbocycles. The molecule has 1 aromatic heterocycles. The maximum absolute atomic E-state index is 11.3. The van der Waals surface area contributed by atoms with Crippen molar-refractivity contribution in [3.05, 3.63) is 10.0 Å². The average Bonchev–Trinajstić information content (AvgIpc) is 2.66. The molecule has 0 radical (unpaired) electrons. The van der Waals surface area contributed by atoms with E-state index in [0.717, 1.165) is 5.75 Å². The minimum Gasteiger partial charge on any atom is -0.465 e. The molecule has 7 heteroatoms. The van der Waals surface area contributed by atoms with Gasteiger partial charge >= 0.3 is 5.97 Å². The van der Waals surface area contributed by atoms with E-state index in [1.54, 1.807) is 0 Å². The number of aliphatic hydroxyl groups is 1. The number of nitrogens with zero attached hydrogens (tertiary/aromatic N) is 1. The Balaban J connectivity index is 2.66. The van der Waals surface area contributed by atoms with Crippen molar-refractivity contribution in [3.63, 3.8) is 0 Å². The van der Waals surface area contributed by atoms with Crippen LogP contribution in [-0.2, 0) is 4.74 Å². The van der Waals surface area contributed by atoms with Gasteiger partial charge in [-0.1, -0.05) is 41.6 Å². The second-order valence-electron chi connectivity index (χ2n) is 3.19. The van der Waals surface area contributed by atoms with Crippen molar-refractivity contribution in [2.45, 2.75) is 11.3 Å². The van der Waals surface area contributed by atoms with Crippen LogP contribution in [0.15, 0.2) is 4.34 Å². The minimum absolute atomic E-state index is 0.135. The lowest BCUT2D eigenvalue weighted by atomic mass is 10.2. The molecule has 0 bridgehead atoms. The van der Waals surface area contributed by atoms with E-state index in [4.69, 9.17) is 16.7 Å². The summed E-state index contributed by atoms with van der Waals surface area (Å²) in [6.45, 7) is 2.07. The van der Waals surface area contributed by atoms with E-state index < -0.39 is 5.97 Å². The molecular weight excluding hydrogens is 270 g/mol. The van der Waals surface area contributed by atoms with Crippen molar-refractivity contribution in [1.82, 2.24) is 4.98 Å². The topological polar surface area (TPSA) is 59.4 Å². The molecule has 0 saturated heterocycles.